The van der Waals surface area contributed by atoms with E-state index in [1.165, 1.54) is 4.40 Å². The van der Waals surface area contributed by atoms with E-state index in [0.717, 1.165) is 32.6 Å². The number of hydrogen-bond donors (Lipinski definition) is 2. The third kappa shape index (κ3) is 3.44. The van der Waals surface area contributed by atoms with Crippen LogP contribution in [0.1, 0.15) is 17.5 Å². The number of benzene rings is 1. The standard InChI is InChI=1S/C20H19F2N5O2/c1-11-6-14(7-13-2-3-17(28)24-18(11)13)12-4-5-26-16(8-12)25-27(20(26)29)10-15(9-23)19(21)22/h4-8H,2-3,9-10,23H2,1H3,(H,24,28). The number of anilines is 1. The number of pyridine rings is 1. The van der Waals surface area contributed by atoms with E-state index in [4.69, 9.17) is 5.73 Å². The summed E-state index contributed by atoms with van der Waals surface area (Å²) in [7, 11) is 0. The lowest BCUT2D eigenvalue weighted by Gasteiger charge is -2.20. The van der Waals surface area contributed by atoms with E-state index in [1.54, 1.807) is 18.3 Å². The molecule has 0 aliphatic carbocycles. The number of nitrogens with two attached hydrogens (primary N) is 1. The second-order valence-corrected chi connectivity index (χ2v) is 7.03. The lowest BCUT2D eigenvalue weighted by molar-refractivity contribution is -0.116. The molecule has 1 aromatic carbocycles. The number of nitrogens with zero attached hydrogens (tertiary/aromatic N) is 3. The summed E-state index contributed by atoms with van der Waals surface area (Å²) in [4.78, 5) is 24.1. The molecule has 0 atom stereocenters. The van der Waals surface area contributed by atoms with Crippen molar-refractivity contribution in [3.63, 3.8) is 0 Å². The van der Waals surface area contributed by atoms with E-state index in [-0.39, 0.29) is 24.6 Å². The molecule has 3 heterocycles. The van der Waals surface area contributed by atoms with Crippen molar-refractivity contribution in [2.75, 3.05) is 11.9 Å². The maximum atomic E-state index is 12.9. The first kappa shape index (κ1) is 19.0. The molecule has 7 nitrogen and oxygen atoms in total. The van der Waals surface area contributed by atoms with Crippen molar-refractivity contribution < 1.29 is 13.6 Å². The molecule has 1 amide bonds. The quantitative estimate of drug-likeness (QED) is 0.705. The molecule has 0 saturated carbocycles. The van der Waals surface area contributed by atoms with E-state index < -0.39 is 11.8 Å². The topological polar surface area (TPSA) is 94.4 Å². The van der Waals surface area contributed by atoms with Crippen LogP contribution in [-0.4, -0.2) is 26.6 Å². The number of hydrogen-bond acceptors (Lipinski definition) is 4. The van der Waals surface area contributed by atoms with Crippen LogP contribution in [0.3, 0.4) is 0 Å². The summed E-state index contributed by atoms with van der Waals surface area (Å²) in [5.74, 6) is 0.00954. The van der Waals surface area contributed by atoms with Crippen LogP contribution in [0.4, 0.5) is 14.5 Å². The highest BCUT2D eigenvalue weighted by molar-refractivity contribution is 5.95. The van der Waals surface area contributed by atoms with Gasteiger partial charge in [-0.3, -0.25) is 9.20 Å². The van der Waals surface area contributed by atoms with Gasteiger partial charge in [0.25, 0.3) is 6.08 Å². The minimum atomic E-state index is -1.89. The van der Waals surface area contributed by atoms with Gasteiger partial charge in [0.05, 0.1) is 6.54 Å². The molecule has 3 N–H and O–H groups in total. The summed E-state index contributed by atoms with van der Waals surface area (Å²) in [5, 5.41) is 7.08. The van der Waals surface area contributed by atoms with Gasteiger partial charge in [-0.05, 0) is 59.9 Å². The molecule has 0 bridgehead atoms. The summed E-state index contributed by atoms with van der Waals surface area (Å²) in [6.45, 7) is 1.23. The van der Waals surface area contributed by atoms with Crippen LogP contribution < -0.4 is 16.7 Å². The molecule has 0 unspecified atom stereocenters. The van der Waals surface area contributed by atoms with Crippen LogP contribution >= 0.6 is 0 Å². The molecule has 1 aliphatic rings. The predicted octanol–water partition coefficient (Wildman–Crippen LogP) is 2.47. The Morgan fingerprint density at radius 1 is 1.21 bits per heavy atom. The molecule has 1 aliphatic heterocycles. The maximum absolute atomic E-state index is 12.9. The van der Waals surface area contributed by atoms with Crippen LogP contribution in [0.25, 0.3) is 16.8 Å². The van der Waals surface area contributed by atoms with Crippen LogP contribution in [-0.2, 0) is 17.8 Å². The lowest BCUT2D eigenvalue weighted by Crippen LogP contribution is -2.24. The zero-order chi connectivity index (χ0) is 20.7. The number of amides is 1. The van der Waals surface area contributed by atoms with Gasteiger partial charge in [0.15, 0.2) is 5.65 Å². The van der Waals surface area contributed by atoms with Gasteiger partial charge in [0.2, 0.25) is 5.91 Å². The van der Waals surface area contributed by atoms with Gasteiger partial charge in [-0.1, -0.05) is 0 Å². The predicted molar refractivity (Wildman–Crippen MR) is 105 cm³/mol. The minimum Gasteiger partial charge on any atom is -0.327 e. The Hall–Kier alpha value is -3.33. The van der Waals surface area contributed by atoms with E-state index in [2.05, 4.69) is 10.4 Å². The summed E-state index contributed by atoms with van der Waals surface area (Å²) in [6.07, 6.45) is 0.783. The van der Waals surface area contributed by atoms with Gasteiger partial charge in [-0.15, -0.1) is 5.10 Å². The molecule has 3 aromatic rings. The largest absolute Gasteiger partial charge is 0.350 e. The lowest BCUT2D eigenvalue weighted by atomic mass is 9.94. The van der Waals surface area contributed by atoms with Crippen molar-refractivity contribution in [1.29, 1.82) is 0 Å². The zero-order valence-corrected chi connectivity index (χ0v) is 15.7. The second-order valence-electron chi connectivity index (χ2n) is 7.03. The van der Waals surface area contributed by atoms with Crippen molar-refractivity contribution in [1.82, 2.24) is 14.2 Å². The number of fused-ring (bicyclic) bond motifs is 2. The van der Waals surface area contributed by atoms with Crippen molar-refractivity contribution in [3.05, 3.63) is 63.7 Å². The highest BCUT2D eigenvalue weighted by atomic mass is 19.3. The number of carbonyl (C=O) groups excluding carboxylic acids is 1. The fraction of sp³-hybridized carbons (Fsp3) is 0.250. The van der Waals surface area contributed by atoms with Crippen molar-refractivity contribution in [2.45, 2.75) is 26.3 Å². The molecule has 9 heteroatoms. The van der Waals surface area contributed by atoms with Gasteiger partial charge in [0.1, 0.15) is 0 Å². The second kappa shape index (κ2) is 7.25. The SMILES string of the molecule is Cc1cc(-c2ccn3c(=O)n(CC(CN)=C(F)F)nc3c2)cc2c1NC(=O)CC2. The average molecular weight is 399 g/mol. The number of halogens is 2. The van der Waals surface area contributed by atoms with Gasteiger partial charge < -0.3 is 11.1 Å². The zero-order valence-electron chi connectivity index (χ0n) is 15.7. The minimum absolute atomic E-state index is 0.00954. The van der Waals surface area contributed by atoms with Crippen LogP contribution in [0.15, 0.2) is 46.9 Å². The van der Waals surface area contributed by atoms with E-state index in [9.17, 15) is 18.4 Å². The number of aryl methyl sites for hydroxylation is 2. The molecule has 0 spiro atoms. The first-order valence-corrected chi connectivity index (χ1v) is 9.13. The Morgan fingerprint density at radius 3 is 2.72 bits per heavy atom. The van der Waals surface area contributed by atoms with Crippen molar-refractivity contribution in [3.8, 4) is 11.1 Å². The number of aromatic nitrogens is 3. The fourth-order valence-electron chi connectivity index (χ4n) is 3.54. The average Bonchev–Trinajstić information content (AvgIpc) is 3.01. The molecular weight excluding hydrogens is 380 g/mol. The van der Waals surface area contributed by atoms with Crippen LogP contribution in [0.2, 0.25) is 0 Å². The third-order valence-electron chi connectivity index (χ3n) is 5.08. The first-order chi connectivity index (χ1) is 13.9. The fourth-order valence-corrected chi connectivity index (χ4v) is 3.54. The Balaban J connectivity index is 1.75. The smallest absolute Gasteiger partial charge is 0.327 e. The molecule has 4 rings (SSSR count). The van der Waals surface area contributed by atoms with E-state index in [0.29, 0.717) is 18.5 Å². The third-order valence-corrected chi connectivity index (χ3v) is 5.08. The monoisotopic (exact) mass is 399 g/mol. The Morgan fingerprint density at radius 2 is 2.00 bits per heavy atom. The number of carbonyl (C=O) groups is 1. The van der Waals surface area contributed by atoms with E-state index >= 15 is 0 Å². The molecular formula is C20H19F2N5O2. The Bertz CT molecular complexity index is 1220. The number of rotatable bonds is 4. The normalized spacial score (nSPS) is 13.3. The summed E-state index contributed by atoms with van der Waals surface area (Å²) in [5.41, 5.74) is 9.46. The Labute approximate surface area is 164 Å². The molecule has 2 aromatic heterocycles. The van der Waals surface area contributed by atoms with Gasteiger partial charge in [0, 0.05) is 30.4 Å². The number of nitrogens with one attached hydrogen (secondary N) is 1. The molecule has 0 radical (unpaired) electrons. The van der Waals surface area contributed by atoms with Crippen LogP contribution in [0, 0.1) is 6.92 Å². The summed E-state index contributed by atoms with van der Waals surface area (Å²) < 4.78 is 28.0. The highest BCUT2D eigenvalue weighted by Crippen LogP contribution is 2.32. The van der Waals surface area contributed by atoms with Crippen molar-refractivity contribution in [2.24, 2.45) is 5.73 Å². The summed E-state index contributed by atoms with van der Waals surface area (Å²) >= 11 is 0. The molecule has 29 heavy (non-hydrogen) atoms. The summed E-state index contributed by atoms with van der Waals surface area (Å²) in [6, 6.07) is 7.48. The highest BCUT2D eigenvalue weighted by Gasteiger charge is 2.18. The van der Waals surface area contributed by atoms with E-state index in [1.807, 2.05) is 19.1 Å². The van der Waals surface area contributed by atoms with Crippen LogP contribution in [0.5, 0.6) is 0 Å². The van der Waals surface area contributed by atoms with Gasteiger partial charge >= 0.3 is 5.69 Å². The maximum Gasteiger partial charge on any atom is 0.350 e. The molecule has 0 fully saturated rings. The first-order valence-electron chi connectivity index (χ1n) is 9.13. The van der Waals surface area contributed by atoms with Gasteiger partial charge in [-0.2, -0.15) is 8.78 Å². The van der Waals surface area contributed by atoms with Crippen molar-refractivity contribution >= 4 is 17.2 Å². The Kier molecular flexibility index (Phi) is 4.75. The molecule has 0 saturated heterocycles. The molecule has 150 valence electrons. The van der Waals surface area contributed by atoms with Gasteiger partial charge in [-0.25, -0.2) is 9.48 Å².